The number of benzene rings is 2. The van der Waals surface area contributed by atoms with Crippen LogP contribution >= 0.6 is 11.3 Å². The van der Waals surface area contributed by atoms with E-state index in [1.807, 2.05) is 42.7 Å². The molecule has 0 spiro atoms. The minimum absolute atomic E-state index is 0.0931. The van der Waals surface area contributed by atoms with E-state index in [1.54, 1.807) is 11.0 Å². The molecule has 0 radical (unpaired) electrons. The van der Waals surface area contributed by atoms with Crippen LogP contribution in [0.25, 0.3) is 22.5 Å². The zero-order valence-corrected chi connectivity index (χ0v) is 30.3. The Morgan fingerprint density at radius 1 is 0.880 bits per heavy atom. The average molecular weight is 693 g/mol. The van der Waals surface area contributed by atoms with Crippen molar-refractivity contribution in [2.24, 2.45) is 11.8 Å². The van der Waals surface area contributed by atoms with Gasteiger partial charge in [0.05, 0.1) is 10.8 Å². The Bertz CT molecular complexity index is 1790. The van der Waals surface area contributed by atoms with Crippen molar-refractivity contribution in [1.82, 2.24) is 20.2 Å². The number of aromatic nitrogens is 2. The van der Waals surface area contributed by atoms with Gasteiger partial charge in [0.25, 0.3) is 5.91 Å². The zero-order chi connectivity index (χ0) is 35.4. The third-order valence-electron chi connectivity index (χ3n) is 10.5. The number of aliphatic carboxylic acids is 1. The summed E-state index contributed by atoms with van der Waals surface area (Å²) in [6.45, 7) is 9.09. The monoisotopic (exact) mass is 692 g/mol. The molecule has 1 aliphatic carbocycles. The molecule has 0 unspecified atom stereocenters. The number of hydrogen-bond donors (Lipinski definition) is 2. The minimum Gasteiger partial charge on any atom is -0.481 e. The van der Waals surface area contributed by atoms with Gasteiger partial charge in [0.1, 0.15) is 6.04 Å². The third kappa shape index (κ3) is 8.32. The SMILES string of the molecule is CCC1CCC(c2ccc(-c3cnc(-c4ccc(C[C@H](NC(=O)c5ccc(C(C)(C)C)s5)C(=O)N5CC[C@H](C(=O)O)C5)cc4)nc3)cc2)CC1. The largest absolute Gasteiger partial charge is 0.481 e. The minimum atomic E-state index is -0.905. The second kappa shape index (κ2) is 15.3. The van der Waals surface area contributed by atoms with E-state index in [2.05, 4.69) is 67.2 Å². The van der Waals surface area contributed by atoms with Crippen LogP contribution in [0.3, 0.4) is 0 Å². The quantitative estimate of drug-likeness (QED) is 0.174. The van der Waals surface area contributed by atoms with Crippen molar-refractivity contribution in [1.29, 1.82) is 0 Å². The van der Waals surface area contributed by atoms with Gasteiger partial charge in [0.2, 0.25) is 5.91 Å². The predicted octanol–water partition coefficient (Wildman–Crippen LogP) is 8.13. The molecule has 1 aliphatic heterocycles. The highest BCUT2D eigenvalue weighted by Crippen LogP contribution is 2.37. The Kier molecular flexibility index (Phi) is 10.8. The molecule has 8 nitrogen and oxygen atoms in total. The van der Waals surface area contributed by atoms with Gasteiger partial charge in [-0.25, -0.2) is 9.97 Å². The molecule has 0 bridgehead atoms. The molecule has 2 fully saturated rings. The summed E-state index contributed by atoms with van der Waals surface area (Å²) in [6.07, 6.45) is 10.9. The number of amides is 2. The molecule has 2 aromatic carbocycles. The van der Waals surface area contributed by atoms with Crippen molar-refractivity contribution in [3.63, 3.8) is 0 Å². The first-order chi connectivity index (χ1) is 24.0. The molecule has 1 saturated heterocycles. The maximum absolute atomic E-state index is 13.7. The van der Waals surface area contributed by atoms with Crippen LogP contribution in [0.1, 0.15) is 97.8 Å². The maximum atomic E-state index is 13.7. The van der Waals surface area contributed by atoms with Crippen molar-refractivity contribution in [2.75, 3.05) is 13.1 Å². The molecule has 2 aromatic heterocycles. The topological polar surface area (TPSA) is 112 Å². The van der Waals surface area contributed by atoms with Crippen molar-refractivity contribution in [3.8, 4) is 22.5 Å². The van der Waals surface area contributed by atoms with Crippen LogP contribution < -0.4 is 5.32 Å². The van der Waals surface area contributed by atoms with Crippen LogP contribution in [0.5, 0.6) is 0 Å². The van der Waals surface area contributed by atoms with Crippen LogP contribution in [0, 0.1) is 11.8 Å². The number of carboxylic acids is 1. The summed E-state index contributed by atoms with van der Waals surface area (Å²) >= 11 is 1.42. The summed E-state index contributed by atoms with van der Waals surface area (Å²) in [5, 5.41) is 12.5. The van der Waals surface area contributed by atoms with E-state index in [1.165, 1.54) is 49.0 Å². The molecule has 2 N–H and O–H groups in total. The number of rotatable bonds is 10. The molecule has 2 atom stereocenters. The molecule has 9 heteroatoms. The number of thiophene rings is 1. The summed E-state index contributed by atoms with van der Waals surface area (Å²) < 4.78 is 0. The van der Waals surface area contributed by atoms with Gasteiger partial charge in [-0.2, -0.15) is 0 Å². The number of carbonyl (C=O) groups excluding carboxylic acids is 2. The van der Waals surface area contributed by atoms with E-state index in [-0.39, 0.29) is 30.2 Å². The Balaban J connectivity index is 1.13. The number of hydrogen-bond acceptors (Lipinski definition) is 6. The summed E-state index contributed by atoms with van der Waals surface area (Å²) in [5.74, 6) is 0.0754. The molecule has 3 heterocycles. The molecule has 50 heavy (non-hydrogen) atoms. The van der Waals surface area contributed by atoms with Gasteiger partial charge < -0.3 is 15.3 Å². The number of carbonyl (C=O) groups is 3. The third-order valence-corrected chi connectivity index (χ3v) is 12.0. The lowest BCUT2D eigenvalue weighted by Crippen LogP contribution is -2.49. The van der Waals surface area contributed by atoms with Gasteiger partial charge in [0, 0.05) is 47.9 Å². The number of carboxylic acid groups (broad SMARTS) is 1. The van der Waals surface area contributed by atoms with Crippen molar-refractivity contribution >= 4 is 29.1 Å². The average Bonchev–Trinajstić information content (AvgIpc) is 3.84. The van der Waals surface area contributed by atoms with E-state index in [4.69, 9.17) is 0 Å². The second-order valence-corrected chi connectivity index (χ2v) is 16.1. The molecule has 2 amide bonds. The van der Waals surface area contributed by atoms with Crippen LogP contribution in [-0.2, 0) is 21.4 Å². The van der Waals surface area contributed by atoms with Crippen LogP contribution in [-0.4, -0.2) is 56.9 Å². The summed E-state index contributed by atoms with van der Waals surface area (Å²) in [4.78, 5) is 51.2. The summed E-state index contributed by atoms with van der Waals surface area (Å²) in [7, 11) is 0. The number of nitrogens with zero attached hydrogens (tertiary/aromatic N) is 3. The van der Waals surface area contributed by atoms with Crippen LogP contribution in [0.4, 0.5) is 0 Å². The lowest BCUT2D eigenvalue weighted by atomic mass is 9.78. The molecule has 1 saturated carbocycles. The summed E-state index contributed by atoms with van der Waals surface area (Å²) in [5.41, 5.74) is 5.11. The highest BCUT2D eigenvalue weighted by atomic mass is 32.1. The van der Waals surface area contributed by atoms with E-state index in [0.29, 0.717) is 29.6 Å². The smallest absolute Gasteiger partial charge is 0.308 e. The fourth-order valence-electron chi connectivity index (χ4n) is 7.18. The van der Waals surface area contributed by atoms with Crippen molar-refractivity contribution in [3.05, 3.63) is 93.9 Å². The first kappa shape index (κ1) is 35.5. The predicted molar refractivity (Wildman–Crippen MR) is 198 cm³/mol. The van der Waals surface area contributed by atoms with E-state index >= 15 is 0 Å². The van der Waals surface area contributed by atoms with Crippen molar-refractivity contribution in [2.45, 2.75) is 90.0 Å². The Morgan fingerprint density at radius 2 is 1.54 bits per heavy atom. The fraction of sp³-hybridized carbons (Fsp3) is 0.439. The van der Waals surface area contributed by atoms with Gasteiger partial charge in [0.15, 0.2) is 5.82 Å². The van der Waals surface area contributed by atoms with Gasteiger partial charge >= 0.3 is 5.97 Å². The lowest BCUT2D eigenvalue weighted by molar-refractivity contribution is -0.141. The van der Waals surface area contributed by atoms with Crippen molar-refractivity contribution < 1.29 is 19.5 Å². The molecular weight excluding hydrogens is 645 g/mol. The van der Waals surface area contributed by atoms with E-state index in [9.17, 15) is 19.5 Å². The molecule has 2 aliphatic rings. The van der Waals surface area contributed by atoms with Crippen LogP contribution in [0.15, 0.2) is 73.1 Å². The number of nitrogens with one attached hydrogen (secondary N) is 1. The second-order valence-electron chi connectivity index (χ2n) is 15.0. The van der Waals surface area contributed by atoms with E-state index < -0.39 is 17.9 Å². The van der Waals surface area contributed by atoms with Gasteiger partial charge in [-0.05, 0) is 78.2 Å². The molecule has 262 valence electrons. The highest BCUT2D eigenvalue weighted by Gasteiger charge is 2.35. The molecule has 6 rings (SSSR count). The fourth-order valence-corrected chi connectivity index (χ4v) is 8.15. The normalized spacial score (nSPS) is 20.0. The Hall–Kier alpha value is -4.37. The van der Waals surface area contributed by atoms with Gasteiger partial charge in [-0.1, -0.05) is 82.6 Å². The molecular formula is C41H48N4O4S. The van der Waals surface area contributed by atoms with E-state index in [0.717, 1.165) is 33.0 Å². The molecule has 4 aromatic rings. The first-order valence-corrected chi connectivity index (χ1v) is 18.7. The van der Waals surface area contributed by atoms with Gasteiger partial charge in [-0.15, -0.1) is 11.3 Å². The zero-order valence-electron chi connectivity index (χ0n) is 29.5. The van der Waals surface area contributed by atoms with Crippen LogP contribution in [0.2, 0.25) is 0 Å². The standard InChI is InChI=1S/C41H48N4O4S/c1-5-26-6-10-28(11-7-26)29-14-16-30(17-15-29)33-23-42-37(43-24-33)31-12-8-27(9-13-31)22-34(39(47)45-21-20-32(25-45)40(48)49)44-38(46)35-18-19-36(50-35)41(2,3)4/h8-9,12-19,23-24,26,28,32,34H,5-7,10-11,20-22,25H2,1-4H3,(H,44,46)(H,48,49)/t26?,28?,32-,34-/m0/s1. The highest BCUT2D eigenvalue weighted by molar-refractivity contribution is 7.14. The summed E-state index contributed by atoms with van der Waals surface area (Å²) in [6, 6.07) is 19.5. The number of likely N-dealkylation sites (tertiary alicyclic amines) is 1. The lowest BCUT2D eigenvalue weighted by Gasteiger charge is -2.28. The Labute approximate surface area is 299 Å². The van der Waals surface area contributed by atoms with Gasteiger partial charge in [-0.3, -0.25) is 14.4 Å². The first-order valence-electron chi connectivity index (χ1n) is 17.9. The maximum Gasteiger partial charge on any atom is 0.308 e. The Morgan fingerprint density at radius 3 is 2.12 bits per heavy atom.